The number of fused-ring (bicyclic) bond motifs is 1. The number of aryl methyl sites for hydroxylation is 1. The van der Waals surface area contributed by atoms with Gasteiger partial charge in [0.25, 0.3) is 0 Å². The Kier molecular flexibility index (Phi) is 3.75. The van der Waals surface area contributed by atoms with Crippen LogP contribution in [0.15, 0.2) is 34.4 Å². The van der Waals surface area contributed by atoms with Crippen molar-refractivity contribution in [2.75, 3.05) is 18.0 Å². The molecule has 22 heavy (non-hydrogen) atoms. The molecule has 1 aliphatic rings. The van der Waals surface area contributed by atoms with Gasteiger partial charge in [0, 0.05) is 18.8 Å². The van der Waals surface area contributed by atoms with E-state index in [0.717, 1.165) is 36.0 Å². The number of aliphatic imine (C=N–C) groups is 1. The number of benzene rings is 1. The first kappa shape index (κ1) is 14.4. The van der Waals surface area contributed by atoms with E-state index in [-0.39, 0.29) is 0 Å². The van der Waals surface area contributed by atoms with Gasteiger partial charge in [-0.3, -0.25) is 0 Å². The summed E-state index contributed by atoms with van der Waals surface area (Å²) in [5, 5.41) is 12.6. The molecule has 0 amide bonds. The third kappa shape index (κ3) is 2.41. The van der Waals surface area contributed by atoms with Gasteiger partial charge < -0.3 is 4.90 Å². The highest BCUT2D eigenvalue weighted by atomic mass is 15.5. The summed E-state index contributed by atoms with van der Waals surface area (Å²) >= 11 is 0. The SMILES string of the molecule is CCN(CC)c1ccc(N=C2C(C)=Nn3c(C)nnc32)cc1. The van der Waals surface area contributed by atoms with Gasteiger partial charge in [-0.2, -0.15) is 9.78 Å². The average Bonchev–Trinajstić information content (AvgIpc) is 3.03. The van der Waals surface area contributed by atoms with Crippen LogP contribution in [0, 0.1) is 6.92 Å². The summed E-state index contributed by atoms with van der Waals surface area (Å²) in [7, 11) is 0. The molecule has 0 bridgehead atoms. The molecule has 1 aromatic heterocycles. The van der Waals surface area contributed by atoms with Crippen molar-refractivity contribution in [1.29, 1.82) is 0 Å². The van der Waals surface area contributed by atoms with Crippen LogP contribution in [0.3, 0.4) is 0 Å². The molecule has 1 aromatic carbocycles. The standard InChI is InChI=1S/C16H20N6/c1-5-21(6-2)14-9-7-13(8-10-14)17-15-11(3)20-22-12(4)18-19-16(15)22/h7-10H,5-6H2,1-4H3. The summed E-state index contributed by atoms with van der Waals surface area (Å²) in [6.45, 7) is 10.1. The van der Waals surface area contributed by atoms with Gasteiger partial charge in [0.1, 0.15) is 5.71 Å². The molecule has 3 rings (SSSR count). The topological polar surface area (TPSA) is 58.7 Å². The van der Waals surface area contributed by atoms with E-state index >= 15 is 0 Å². The summed E-state index contributed by atoms with van der Waals surface area (Å²) < 4.78 is 1.73. The highest BCUT2D eigenvalue weighted by Crippen LogP contribution is 2.22. The molecular weight excluding hydrogens is 276 g/mol. The molecule has 0 saturated heterocycles. The van der Waals surface area contributed by atoms with Crippen molar-refractivity contribution < 1.29 is 0 Å². The molecule has 0 N–H and O–H groups in total. The summed E-state index contributed by atoms with van der Waals surface area (Å²) in [6.07, 6.45) is 0. The number of anilines is 1. The van der Waals surface area contributed by atoms with E-state index in [9.17, 15) is 0 Å². The van der Waals surface area contributed by atoms with Crippen molar-refractivity contribution in [2.45, 2.75) is 27.7 Å². The van der Waals surface area contributed by atoms with E-state index in [4.69, 9.17) is 0 Å². The fourth-order valence-electron chi connectivity index (χ4n) is 2.57. The van der Waals surface area contributed by atoms with Crippen molar-refractivity contribution in [3.8, 4) is 0 Å². The molecule has 6 heteroatoms. The minimum absolute atomic E-state index is 0.711. The molecule has 0 spiro atoms. The Hall–Kier alpha value is -2.50. The van der Waals surface area contributed by atoms with E-state index in [1.54, 1.807) is 4.68 Å². The fourth-order valence-corrected chi connectivity index (χ4v) is 2.57. The largest absolute Gasteiger partial charge is 0.372 e. The van der Waals surface area contributed by atoms with E-state index in [1.165, 1.54) is 5.69 Å². The van der Waals surface area contributed by atoms with Crippen molar-refractivity contribution in [1.82, 2.24) is 14.9 Å². The maximum absolute atomic E-state index is 4.69. The van der Waals surface area contributed by atoms with Gasteiger partial charge in [0.05, 0.1) is 11.4 Å². The lowest BCUT2D eigenvalue weighted by Gasteiger charge is -2.20. The zero-order valence-electron chi connectivity index (χ0n) is 13.4. The summed E-state index contributed by atoms with van der Waals surface area (Å²) in [6, 6.07) is 8.26. The van der Waals surface area contributed by atoms with E-state index in [0.29, 0.717) is 5.82 Å². The minimum Gasteiger partial charge on any atom is -0.372 e. The fraction of sp³-hybridized carbons (Fsp3) is 0.375. The molecule has 1 aliphatic heterocycles. The first-order valence-electron chi connectivity index (χ1n) is 7.56. The number of hydrogen-bond donors (Lipinski definition) is 0. The highest BCUT2D eigenvalue weighted by Gasteiger charge is 2.23. The molecule has 0 atom stereocenters. The van der Waals surface area contributed by atoms with Crippen LogP contribution >= 0.6 is 0 Å². The molecular formula is C16H20N6. The predicted molar refractivity (Wildman–Crippen MR) is 89.5 cm³/mol. The molecule has 6 nitrogen and oxygen atoms in total. The second-order valence-corrected chi connectivity index (χ2v) is 5.22. The first-order chi connectivity index (χ1) is 10.6. The Morgan fingerprint density at radius 1 is 1.05 bits per heavy atom. The predicted octanol–water partition coefficient (Wildman–Crippen LogP) is 2.79. The van der Waals surface area contributed by atoms with Crippen LogP contribution < -0.4 is 4.90 Å². The molecule has 0 radical (unpaired) electrons. The third-order valence-corrected chi connectivity index (χ3v) is 3.82. The molecule has 0 aliphatic carbocycles. The van der Waals surface area contributed by atoms with Crippen LogP contribution in [0.25, 0.3) is 0 Å². The normalized spacial score (nSPS) is 15.1. The van der Waals surface area contributed by atoms with Crippen LogP contribution in [0.1, 0.15) is 32.4 Å². The Balaban J connectivity index is 1.91. The van der Waals surface area contributed by atoms with Gasteiger partial charge in [-0.1, -0.05) is 0 Å². The Labute approximate surface area is 130 Å². The lowest BCUT2D eigenvalue weighted by atomic mass is 10.2. The van der Waals surface area contributed by atoms with Gasteiger partial charge in [0.2, 0.25) is 5.82 Å². The van der Waals surface area contributed by atoms with Crippen molar-refractivity contribution in [2.24, 2.45) is 10.1 Å². The van der Waals surface area contributed by atoms with Gasteiger partial charge >= 0.3 is 0 Å². The third-order valence-electron chi connectivity index (χ3n) is 3.82. The highest BCUT2D eigenvalue weighted by molar-refractivity contribution is 6.48. The van der Waals surface area contributed by atoms with Crippen LogP contribution in [0.4, 0.5) is 11.4 Å². The summed E-state index contributed by atoms with van der Waals surface area (Å²) in [5.74, 6) is 1.49. The monoisotopic (exact) mass is 296 g/mol. The van der Waals surface area contributed by atoms with Crippen LogP contribution in [-0.4, -0.2) is 39.4 Å². The van der Waals surface area contributed by atoms with Gasteiger partial charge in [0.15, 0.2) is 5.82 Å². The Morgan fingerprint density at radius 2 is 1.73 bits per heavy atom. The van der Waals surface area contributed by atoms with E-state index in [2.05, 4.69) is 51.2 Å². The van der Waals surface area contributed by atoms with Crippen LogP contribution in [-0.2, 0) is 0 Å². The number of nitrogens with zero attached hydrogens (tertiary/aromatic N) is 6. The maximum Gasteiger partial charge on any atom is 0.205 e. The number of rotatable bonds is 4. The van der Waals surface area contributed by atoms with Crippen molar-refractivity contribution in [3.05, 3.63) is 35.9 Å². The van der Waals surface area contributed by atoms with Crippen molar-refractivity contribution >= 4 is 22.8 Å². The molecule has 0 unspecified atom stereocenters. The van der Waals surface area contributed by atoms with Crippen LogP contribution in [0.2, 0.25) is 0 Å². The average molecular weight is 296 g/mol. The van der Waals surface area contributed by atoms with Crippen LogP contribution in [0.5, 0.6) is 0 Å². The van der Waals surface area contributed by atoms with E-state index in [1.807, 2.05) is 26.0 Å². The Morgan fingerprint density at radius 3 is 2.36 bits per heavy atom. The van der Waals surface area contributed by atoms with Crippen molar-refractivity contribution in [3.63, 3.8) is 0 Å². The molecule has 0 saturated carbocycles. The second kappa shape index (κ2) is 5.71. The molecule has 2 aromatic rings. The lowest BCUT2D eigenvalue weighted by molar-refractivity contribution is 0.834. The van der Waals surface area contributed by atoms with Gasteiger partial charge in [-0.25, -0.2) is 4.99 Å². The van der Waals surface area contributed by atoms with Gasteiger partial charge in [-0.15, -0.1) is 10.2 Å². The number of hydrogen-bond acceptors (Lipinski definition) is 5. The maximum atomic E-state index is 4.69. The zero-order chi connectivity index (χ0) is 15.7. The Bertz CT molecular complexity index is 734. The first-order valence-corrected chi connectivity index (χ1v) is 7.56. The smallest absolute Gasteiger partial charge is 0.205 e. The molecule has 0 fully saturated rings. The van der Waals surface area contributed by atoms with E-state index < -0.39 is 0 Å². The minimum atomic E-state index is 0.711. The quantitative estimate of drug-likeness (QED) is 0.871. The lowest BCUT2D eigenvalue weighted by Crippen LogP contribution is -2.21. The second-order valence-electron chi connectivity index (χ2n) is 5.22. The van der Waals surface area contributed by atoms with Gasteiger partial charge in [-0.05, 0) is 52.0 Å². The number of aromatic nitrogens is 3. The zero-order valence-corrected chi connectivity index (χ0v) is 13.4. The molecule has 2 heterocycles. The summed E-state index contributed by atoms with van der Waals surface area (Å²) in [4.78, 5) is 6.99. The molecule has 114 valence electrons. The summed E-state index contributed by atoms with van der Waals surface area (Å²) in [5.41, 5.74) is 3.76.